The highest BCUT2D eigenvalue weighted by molar-refractivity contribution is 7.21. The lowest BCUT2D eigenvalue weighted by molar-refractivity contribution is 0.219. The number of rotatable bonds is 3. The Morgan fingerprint density at radius 3 is 2.79 bits per heavy atom. The van der Waals surface area contributed by atoms with Crippen molar-refractivity contribution in [2.75, 3.05) is 11.9 Å². The fourth-order valence-electron chi connectivity index (χ4n) is 5.55. The van der Waals surface area contributed by atoms with Gasteiger partial charge in [0.25, 0.3) is 0 Å². The van der Waals surface area contributed by atoms with Gasteiger partial charge < -0.3 is 15.1 Å². The summed E-state index contributed by atoms with van der Waals surface area (Å²) in [5.41, 5.74) is 5.68. The van der Waals surface area contributed by atoms with Crippen molar-refractivity contribution < 1.29 is 0 Å². The average Bonchev–Trinajstić information content (AvgIpc) is 3.25. The van der Waals surface area contributed by atoms with Crippen molar-refractivity contribution in [3.8, 4) is 6.07 Å². The molecule has 0 spiro atoms. The number of pyridine rings is 1. The Hall–Kier alpha value is -2.95. The van der Waals surface area contributed by atoms with Gasteiger partial charge in [0.2, 0.25) is 0 Å². The second-order valence-electron chi connectivity index (χ2n) is 9.68. The van der Waals surface area contributed by atoms with Crippen molar-refractivity contribution in [2.45, 2.75) is 63.6 Å². The molecule has 0 aromatic carbocycles. The fourth-order valence-corrected chi connectivity index (χ4v) is 6.52. The van der Waals surface area contributed by atoms with E-state index in [0.717, 1.165) is 38.9 Å². The predicted molar refractivity (Wildman–Crippen MR) is 133 cm³/mol. The van der Waals surface area contributed by atoms with Crippen LogP contribution in [-0.4, -0.2) is 40.0 Å². The molecule has 7 heteroatoms. The lowest BCUT2D eigenvalue weighted by Crippen LogP contribution is -2.54. The molecule has 4 aliphatic rings. The third kappa shape index (κ3) is 3.77. The van der Waals surface area contributed by atoms with E-state index in [1.165, 1.54) is 37.7 Å². The van der Waals surface area contributed by atoms with Gasteiger partial charge in [-0.25, -0.2) is 9.97 Å². The SMILES string of the molecule is CC1=CN2C=C(c3ccc4nc(N(C)C5CC6CCCC(C5)N6)sc4n3)C=C(C#N)C2=CC1. The minimum Gasteiger partial charge on any atom is -0.348 e. The van der Waals surface area contributed by atoms with Crippen molar-refractivity contribution in [1.82, 2.24) is 20.2 Å². The summed E-state index contributed by atoms with van der Waals surface area (Å²) in [5, 5.41) is 14.5. The third-order valence-corrected chi connectivity index (χ3v) is 8.36. The van der Waals surface area contributed by atoms with Gasteiger partial charge in [0, 0.05) is 43.1 Å². The van der Waals surface area contributed by atoms with Crippen LogP contribution >= 0.6 is 11.3 Å². The van der Waals surface area contributed by atoms with Gasteiger partial charge in [0.05, 0.1) is 17.0 Å². The average molecular weight is 457 g/mol. The van der Waals surface area contributed by atoms with Crippen molar-refractivity contribution in [2.24, 2.45) is 0 Å². The van der Waals surface area contributed by atoms with E-state index < -0.39 is 0 Å². The van der Waals surface area contributed by atoms with E-state index in [4.69, 9.17) is 9.97 Å². The highest BCUT2D eigenvalue weighted by atomic mass is 32.1. The van der Waals surface area contributed by atoms with E-state index >= 15 is 0 Å². The summed E-state index contributed by atoms with van der Waals surface area (Å²) in [7, 11) is 2.19. The van der Waals surface area contributed by atoms with Crippen molar-refractivity contribution in [1.29, 1.82) is 5.26 Å². The Balaban J connectivity index is 1.29. The standard InChI is InChI=1S/C26H28N6S/c1-16-6-9-24-17(13-27)10-18(15-32(24)14-16)22-7-8-23-25(29-22)33-26(30-23)31(2)21-11-19-4-3-5-20(12-21)28-19/h7-10,14-15,19-21,28H,3-6,11-12H2,1-2H3. The second kappa shape index (κ2) is 8.12. The number of nitriles is 1. The monoisotopic (exact) mass is 456 g/mol. The van der Waals surface area contributed by atoms with Gasteiger partial charge in [-0.15, -0.1) is 0 Å². The fraction of sp³-hybridized carbons (Fsp3) is 0.423. The van der Waals surface area contributed by atoms with E-state index in [9.17, 15) is 5.26 Å². The number of fused-ring (bicyclic) bond motifs is 4. The van der Waals surface area contributed by atoms with Gasteiger partial charge in [-0.1, -0.05) is 29.4 Å². The lowest BCUT2D eigenvalue weighted by Gasteiger charge is -2.43. The summed E-state index contributed by atoms with van der Waals surface area (Å²) in [6.45, 7) is 2.11. The molecule has 0 aliphatic carbocycles. The smallest absolute Gasteiger partial charge is 0.187 e. The number of nitrogens with one attached hydrogen (secondary N) is 1. The first-order chi connectivity index (χ1) is 16.1. The molecule has 2 bridgehead atoms. The zero-order valence-corrected chi connectivity index (χ0v) is 19.9. The van der Waals surface area contributed by atoms with E-state index in [1.54, 1.807) is 11.3 Å². The van der Waals surface area contributed by atoms with Crippen molar-refractivity contribution in [3.05, 3.63) is 59.2 Å². The number of thiazole rings is 1. The molecule has 6 heterocycles. The maximum Gasteiger partial charge on any atom is 0.187 e. The van der Waals surface area contributed by atoms with Crippen LogP contribution < -0.4 is 10.2 Å². The van der Waals surface area contributed by atoms with Crippen molar-refractivity contribution >= 4 is 32.4 Å². The lowest BCUT2D eigenvalue weighted by atomic mass is 9.83. The number of hydrogen-bond acceptors (Lipinski definition) is 7. The molecule has 2 saturated heterocycles. The minimum atomic E-state index is 0.531. The Morgan fingerprint density at radius 1 is 1.18 bits per heavy atom. The molecule has 2 aromatic rings. The minimum absolute atomic E-state index is 0.531. The summed E-state index contributed by atoms with van der Waals surface area (Å²) in [6, 6.07) is 8.27. The number of aromatic nitrogens is 2. The van der Waals surface area contributed by atoms with Crippen LogP contribution in [0.15, 0.2) is 53.5 Å². The molecule has 33 heavy (non-hydrogen) atoms. The molecule has 4 aliphatic heterocycles. The molecular weight excluding hydrogens is 428 g/mol. The first-order valence-electron chi connectivity index (χ1n) is 11.8. The van der Waals surface area contributed by atoms with Gasteiger partial charge in [0.15, 0.2) is 5.13 Å². The van der Waals surface area contributed by atoms with Gasteiger partial charge in [-0.3, -0.25) is 0 Å². The largest absolute Gasteiger partial charge is 0.348 e. The summed E-state index contributed by atoms with van der Waals surface area (Å²) in [6.07, 6.45) is 15.5. The van der Waals surface area contributed by atoms with Gasteiger partial charge in [-0.2, -0.15) is 5.26 Å². The van der Waals surface area contributed by atoms with Crippen molar-refractivity contribution in [3.63, 3.8) is 0 Å². The maximum atomic E-state index is 9.71. The molecule has 0 saturated carbocycles. The van der Waals surface area contributed by atoms with Gasteiger partial charge in [0.1, 0.15) is 16.4 Å². The van der Waals surface area contributed by atoms with Gasteiger partial charge in [-0.05, 0) is 57.2 Å². The summed E-state index contributed by atoms with van der Waals surface area (Å²) in [4.78, 5) is 15.3. The van der Waals surface area contributed by atoms with Crippen LogP contribution in [0.25, 0.3) is 15.9 Å². The normalized spacial score (nSPS) is 26.6. The van der Waals surface area contributed by atoms with Crippen LogP contribution in [0.2, 0.25) is 0 Å². The molecular formula is C26H28N6S. The zero-order valence-electron chi connectivity index (χ0n) is 19.1. The first-order valence-corrected chi connectivity index (χ1v) is 12.7. The van der Waals surface area contributed by atoms with E-state index in [0.29, 0.717) is 23.7 Å². The number of nitrogens with zero attached hydrogens (tertiary/aromatic N) is 5. The maximum absolute atomic E-state index is 9.71. The third-order valence-electron chi connectivity index (χ3n) is 7.31. The van der Waals surface area contributed by atoms with Gasteiger partial charge >= 0.3 is 0 Å². The molecule has 6 nitrogen and oxygen atoms in total. The highest BCUT2D eigenvalue weighted by Gasteiger charge is 2.34. The van der Waals surface area contributed by atoms with Crippen LogP contribution in [0.5, 0.6) is 0 Å². The molecule has 2 atom stereocenters. The number of allylic oxidation sites excluding steroid dienone is 5. The number of anilines is 1. The summed E-state index contributed by atoms with van der Waals surface area (Å²) >= 11 is 1.67. The Labute approximate surface area is 198 Å². The predicted octanol–water partition coefficient (Wildman–Crippen LogP) is 5.10. The molecule has 1 N–H and O–H groups in total. The molecule has 0 radical (unpaired) electrons. The van der Waals surface area contributed by atoms with E-state index in [-0.39, 0.29) is 0 Å². The Kier molecular flexibility index (Phi) is 5.08. The molecule has 168 valence electrons. The summed E-state index contributed by atoms with van der Waals surface area (Å²) in [5.74, 6) is 0. The van der Waals surface area contributed by atoms with Crippen LogP contribution in [0, 0.1) is 11.3 Å². The molecule has 2 aromatic heterocycles. The van der Waals surface area contributed by atoms with E-state index in [2.05, 4.69) is 59.7 Å². The summed E-state index contributed by atoms with van der Waals surface area (Å²) < 4.78 is 0. The first kappa shape index (κ1) is 20.6. The van der Waals surface area contributed by atoms with Crippen LogP contribution in [0.4, 0.5) is 5.13 Å². The van der Waals surface area contributed by atoms with E-state index in [1.807, 2.05) is 12.1 Å². The Bertz CT molecular complexity index is 1260. The molecule has 2 fully saturated rings. The number of hydrogen-bond donors (Lipinski definition) is 1. The number of piperidine rings is 2. The second-order valence-corrected chi connectivity index (χ2v) is 10.6. The molecule has 6 rings (SSSR count). The van der Waals surface area contributed by atoms with Crippen LogP contribution in [-0.2, 0) is 0 Å². The Morgan fingerprint density at radius 2 is 2.00 bits per heavy atom. The zero-order chi connectivity index (χ0) is 22.5. The highest BCUT2D eigenvalue weighted by Crippen LogP contribution is 2.36. The molecule has 2 unspecified atom stereocenters. The molecule has 0 amide bonds. The topological polar surface area (TPSA) is 68.1 Å². The van der Waals surface area contributed by atoms with Crippen LogP contribution in [0.3, 0.4) is 0 Å². The van der Waals surface area contributed by atoms with Crippen LogP contribution in [0.1, 0.15) is 51.1 Å². The quantitative estimate of drug-likeness (QED) is 0.693.